The van der Waals surface area contributed by atoms with Crippen molar-refractivity contribution in [3.05, 3.63) is 212 Å². The zero-order valence-electron chi connectivity index (χ0n) is 60.1. The topological polar surface area (TPSA) is 263 Å². The molecule has 11 rings (SSSR count). The summed E-state index contributed by atoms with van der Waals surface area (Å²) in [5.41, 5.74) is 18.9. The third-order valence-corrected chi connectivity index (χ3v) is 17.5. The standard InChI is InChI=1S/C23H22BrN5OS.C15H16N4S.C13H12N2S.C8H7BrClNO.C6H6BrN.C3H5N.C2H2Cl2O.CH2Cl2.CH2O3.2K.H/c1-15-26-27-23(31-14-22(30)25-19-11-7-6-10-18(19)24)29(15)21-13-12-20(28(2)3)16-8-4-5-9-17(16)21;1-10-16-17-15(20)19(10)14-9-8-13(18(2)3)11-6-4-5-7-12(11)14;1-15(2)13-8-7-12(14-9-16)10-5-3-4-6-11(10)13;9-6-3-1-2-4-7(6)11-8(12)5-10;7-5-3-1-2-4-6(5)8;1-2-3-4;3-1-2(4)5;2-1-3;2-1-4-3;;;/h4-13H,14H2,1-3H3,(H,25,30);4-9H,1-3H3,(H,17,20);3-8H,1-2H3;1-4H,5H2,(H,11,12);1-4H,8H2;4H2,1H3;1H2;1H2;1,3H;;;/q;;;;;;;;;2*+1;-1/p-1. The molecule has 11 aromatic rings. The minimum absolute atomic E-state index is 0. The van der Waals surface area contributed by atoms with Gasteiger partial charge in [-0.25, -0.2) is 0 Å². The van der Waals surface area contributed by atoms with Gasteiger partial charge in [0.15, 0.2) is 9.93 Å². The van der Waals surface area contributed by atoms with Crippen LogP contribution in [-0.4, -0.2) is 123 Å². The number of aromatic amines is 1. The molecule has 0 spiro atoms. The molecule has 0 bridgehead atoms. The van der Waals surface area contributed by atoms with Crippen molar-refractivity contribution in [3.8, 4) is 23.3 Å². The number of fused-ring (bicyclic) bond motifs is 3. The number of hydrogen-bond acceptors (Lipinski definition) is 18. The number of aryl methyl sites for hydroxylation is 2. The zero-order valence-corrected chi connectivity index (χ0v) is 76.3. The number of nitrogen functional groups attached to an aromatic ring is 1. The van der Waals surface area contributed by atoms with Crippen molar-refractivity contribution in [2.75, 3.05) is 96.2 Å². The maximum atomic E-state index is 12.5. The largest absolute Gasteiger partial charge is 1.00 e. The summed E-state index contributed by atoms with van der Waals surface area (Å²) in [6.45, 7) is 5.38. The number of para-hydroxylation sites is 3. The van der Waals surface area contributed by atoms with E-state index in [9.17, 15) is 14.4 Å². The van der Waals surface area contributed by atoms with E-state index >= 15 is 0 Å². The number of isothiocyanates is 1. The van der Waals surface area contributed by atoms with E-state index in [1.54, 1.807) is 13.0 Å². The minimum Gasteiger partial charge on any atom is -1.00 e. The molecule has 2 amide bonds. The fourth-order valence-electron chi connectivity index (χ4n) is 8.98. The number of carbonyl (C=O) groups is 4. The zero-order chi connectivity index (χ0) is 76.6. The number of nitrogens with one attached hydrogen (secondary N) is 3. The maximum absolute atomic E-state index is 12.5. The van der Waals surface area contributed by atoms with Gasteiger partial charge in [-0.05, 0) is 177 Å². The molecule has 544 valence electrons. The van der Waals surface area contributed by atoms with E-state index in [1.807, 2.05) is 166 Å². The van der Waals surface area contributed by atoms with Gasteiger partial charge in [0.25, 0.3) is 6.47 Å². The van der Waals surface area contributed by atoms with Crippen LogP contribution in [0.2, 0.25) is 0 Å². The Morgan fingerprint density at radius 3 is 1.37 bits per heavy atom. The first-order chi connectivity index (χ1) is 49.3. The van der Waals surface area contributed by atoms with Gasteiger partial charge < -0.3 is 48.4 Å². The van der Waals surface area contributed by atoms with Gasteiger partial charge in [0.1, 0.15) is 17.5 Å². The number of hydrogen-bond donors (Lipinski definition) is 5. The van der Waals surface area contributed by atoms with Crippen LogP contribution in [0.5, 0.6) is 0 Å². The van der Waals surface area contributed by atoms with Crippen molar-refractivity contribution in [2.45, 2.75) is 25.9 Å². The first-order valence-electron chi connectivity index (χ1n) is 30.0. The number of nitrogens with two attached hydrogens (primary N) is 2. The Labute approximate surface area is 763 Å². The van der Waals surface area contributed by atoms with Crippen LogP contribution in [-0.2, 0) is 24.1 Å². The van der Waals surface area contributed by atoms with Crippen LogP contribution >= 0.6 is 142 Å². The van der Waals surface area contributed by atoms with E-state index in [0.717, 1.165) is 81.0 Å². The Morgan fingerprint density at radius 1 is 0.629 bits per heavy atom. The number of anilines is 6. The number of alkyl halides is 4. The first-order valence-corrected chi connectivity index (χ1v) is 36.7. The number of amides is 2. The summed E-state index contributed by atoms with van der Waals surface area (Å²) in [4.78, 5) is 54.5. The monoisotopic (exact) mass is 1820 g/mol. The smallest absolute Gasteiger partial charge is 1.00 e. The molecule has 0 fully saturated rings. The molecule has 2 heterocycles. The molecule has 0 radical (unpaired) electrons. The van der Waals surface area contributed by atoms with Crippen molar-refractivity contribution in [1.29, 1.82) is 0 Å². The number of aromatic nitrogens is 6. The number of rotatable bonds is 14. The molecule has 9 aromatic carbocycles. The van der Waals surface area contributed by atoms with E-state index in [0.29, 0.717) is 9.93 Å². The van der Waals surface area contributed by atoms with Crippen LogP contribution < -0.4 is 145 Å². The summed E-state index contributed by atoms with van der Waals surface area (Å²) in [6, 6.07) is 61.9. The number of nitrogens with zero attached hydrogens (tertiary/aromatic N) is 9. The average molecular weight is 1820 g/mol. The van der Waals surface area contributed by atoms with Crippen LogP contribution in [0.15, 0.2) is 206 Å². The van der Waals surface area contributed by atoms with Gasteiger partial charge in [0.05, 0.1) is 50.6 Å². The van der Waals surface area contributed by atoms with Gasteiger partial charge >= 0.3 is 103 Å². The van der Waals surface area contributed by atoms with Gasteiger partial charge in [-0.2, -0.15) is 10.1 Å². The van der Waals surface area contributed by atoms with Crippen LogP contribution in [0, 0.1) is 30.6 Å². The van der Waals surface area contributed by atoms with E-state index in [4.69, 9.17) is 86.0 Å². The van der Waals surface area contributed by atoms with Gasteiger partial charge in [0, 0.05) is 117 Å². The molecule has 0 saturated heterocycles. The number of H-pyrrole nitrogens is 1. The fourth-order valence-corrected chi connectivity index (χ4v) is 11.3. The second-order valence-electron chi connectivity index (χ2n) is 20.8. The molecule has 0 aliphatic heterocycles. The third-order valence-electron chi connectivity index (χ3n) is 13.3. The van der Waals surface area contributed by atoms with Crippen LogP contribution in [0.3, 0.4) is 0 Å². The van der Waals surface area contributed by atoms with Gasteiger partial charge in [0.2, 0.25) is 17.1 Å². The molecule has 7 N–H and O–H groups in total. The molecule has 20 nitrogen and oxygen atoms in total. The Hall–Kier alpha value is -4.83. The van der Waals surface area contributed by atoms with Crippen molar-refractivity contribution in [1.82, 2.24) is 29.5 Å². The van der Waals surface area contributed by atoms with Crippen LogP contribution in [0.4, 0.5) is 39.8 Å². The molecule has 0 aliphatic carbocycles. The second kappa shape index (κ2) is 54.7. The fraction of sp³-hybridized carbons (Fsp3) is 0.181. The Kier molecular flexibility index (Phi) is 51.2. The summed E-state index contributed by atoms with van der Waals surface area (Å²) in [5.74, 6) is 3.89. The van der Waals surface area contributed by atoms with E-state index in [-0.39, 0.29) is 145 Å². The van der Waals surface area contributed by atoms with Crippen molar-refractivity contribution in [2.24, 2.45) is 10.7 Å². The maximum Gasteiger partial charge on any atom is 1.00 e. The number of benzene rings is 9. The predicted octanol–water partition coefficient (Wildman–Crippen LogP) is 11.9. The number of halogens is 8. The molecule has 0 saturated carbocycles. The molecule has 2 aromatic heterocycles. The van der Waals surface area contributed by atoms with E-state index < -0.39 is 5.24 Å². The Bertz CT molecular complexity index is 4720. The SMILES string of the molecule is CC#CN.CN(C)c1ccc(N=C=S)c2ccccc12.Cc1n[nH]c(=S)n1-c1ccc(N(C)C)c2ccccc12.Cc1nnc(SCC(=O)Nc2ccccc2Br)n1-c1ccc(N(C)C)c2ccccc12.ClCCl.Nc1ccccc1Br.O=C(CCl)Nc1ccccc1Br.O=C(Cl)CCl.O=CO[O-].[H-].[K+].[K+]. The van der Waals surface area contributed by atoms with Gasteiger partial charge in [-0.1, -0.05) is 127 Å². The number of aliphatic imine (C=N–C) groups is 1. The Balaban J connectivity index is 0.00000129. The summed E-state index contributed by atoms with van der Waals surface area (Å²) < 4.78 is 7.25. The summed E-state index contributed by atoms with van der Waals surface area (Å²) in [7, 11) is 12.2. The van der Waals surface area contributed by atoms with Crippen molar-refractivity contribution in [3.63, 3.8) is 0 Å². The molecule has 0 unspecified atom stereocenters. The summed E-state index contributed by atoms with van der Waals surface area (Å²) in [6.07, 6.45) is 0. The third kappa shape index (κ3) is 33.1. The van der Waals surface area contributed by atoms with Gasteiger partial charge in [-0.15, -0.1) is 56.6 Å². The quantitative estimate of drug-likeness (QED) is 0.00551. The molecule has 105 heavy (non-hydrogen) atoms. The van der Waals surface area contributed by atoms with Crippen LogP contribution in [0.25, 0.3) is 43.7 Å². The molecular formula is C72H74Br3Cl5K2N14O6S3. The summed E-state index contributed by atoms with van der Waals surface area (Å²) in [5, 5.41) is 39.3. The minimum atomic E-state index is -0.508. The molecule has 33 heteroatoms. The first kappa shape index (κ1) is 98.2. The number of thiocarbonyl (C=S) groups is 1. The molecular weight excluding hydrogens is 1750 g/mol. The number of thioether (sulfide) groups is 1. The average Bonchev–Trinajstić information content (AvgIpc) is 1.48. The Morgan fingerprint density at radius 2 is 1.01 bits per heavy atom. The van der Waals surface area contributed by atoms with Crippen molar-refractivity contribution >= 4 is 243 Å². The molecule has 0 aliphatic rings. The molecule has 0 atom stereocenters. The van der Waals surface area contributed by atoms with E-state index in [1.165, 1.54) is 39.3 Å². The van der Waals surface area contributed by atoms with E-state index in [2.05, 4.69) is 213 Å². The number of carbonyl (C=O) groups excluding carboxylic acids is 4. The normalized spacial score (nSPS) is 9.47. The summed E-state index contributed by atoms with van der Waals surface area (Å²) >= 11 is 45.8. The van der Waals surface area contributed by atoms with Gasteiger partial charge in [-0.3, -0.25) is 33.4 Å². The van der Waals surface area contributed by atoms with Crippen molar-refractivity contribution < 1.29 is 134 Å². The van der Waals surface area contributed by atoms with Crippen LogP contribution in [0.1, 0.15) is 20.0 Å². The second-order valence-corrected chi connectivity index (χ2v) is 26.6. The predicted molar refractivity (Wildman–Crippen MR) is 446 cm³/mol.